The normalized spacial score (nSPS) is 14.8. The van der Waals surface area contributed by atoms with Crippen LogP contribution in [0.5, 0.6) is 17.2 Å². The van der Waals surface area contributed by atoms with Crippen molar-refractivity contribution in [3.05, 3.63) is 64.2 Å². The Balaban J connectivity index is 2.00. The molecule has 0 spiro atoms. The quantitative estimate of drug-likeness (QED) is 0.598. The van der Waals surface area contributed by atoms with Gasteiger partial charge < -0.3 is 14.6 Å². The minimum atomic E-state index is -0.498. The van der Waals surface area contributed by atoms with Gasteiger partial charge in [-0.3, -0.25) is 4.79 Å². The number of halogens is 1. The Labute approximate surface area is 157 Å². The molecule has 1 heterocycles. The average Bonchev–Trinajstić information content (AvgIpc) is 2.58. The molecule has 0 bridgehead atoms. The molecule has 5 heteroatoms. The number of carbonyl (C=O) groups is 1. The van der Waals surface area contributed by atoms with Crippen LogP contribution in [0.3, 0.4) is 0 Å². The fourth-order valence-corrected chi connectivity index (χ4v) is 2.95. The van der Waals surface area contributed by atoms with E-state index in [1.807, 2.05) is 26.0 Å². The maximum atomic E-state index is 12.7. The lowest BCUT2D eigenvalue weighted by Gasteiger charge is -2.29. The zero-order chi connectivity index (χ0) is 18.9. The molecule has 1 aliphatic rings. The highest BCUT2D eigenvalue weighted by atomic mass is 35.5. The van der Waals surface area contributed by atoms with E-state index in [-0.39, 0.29) is 22.8 Å². The molecule has 26 heavy (non-hydrogen) atoms. The van der Waals surface area contributed by atoms with Gasteiger partial charge in [0.15, 0.2) is 5.78 Å². The highest BCUT2D eigenvalue weighted by Gasteiger charge is 2.28. The predicted octanol–water partition coefficient (Wildman–Crippen LogP) is 5.13. The zero-order valence-corrected chi connectivity index (χ0v) is 15.5. The van der Waals surface area contributed by atoms with Gasteiger partial charge in [-0.2, -0.15) is 0 Å². The molecule has 4 nitrogen and oxygen atoms in total. The summed E-state index contributed by atoms with van der Waals surface area (Å²) in [5, 5.41) is 11.2. The van der Waals surface area contributed by atoms with Crippen LogP contribution in [0, 0.1) is 0 Å². The SMILES string of the molecule is COc1cc2c(c(O)c1C(=O)/C=C/c1cccc(Cl)c1)C=CC(C)(C)O2. The van der Waals surface area contributed by atoms with Crippen molar-refractivity contribution in [3.8, 4) is 17.2 Å². The largest absolute Gasteiger partial charge is 0.506 e. The Morgan fingerprint density at radius 3 is 2.77 bits per heavy atom. The standard InChI is InChI=1S/C21H19ClO4/c1-21(2)10-9-15-17(26-21)12-18(25-3)19(20(15)24)16(23)8-7-13-5-4-6-14(22)11-13/h4-12,24H,1-3H3/b8-7+. The van der Waals surface area contributed by atoms with E-state index in [1.54, 1.807) is 36.4 Å². The summed E-state index contributed by atoms with van der Waals surface area (Å²) in [5.41, 5.74) is 0.844. The molecule has 0 unspecified atom stereocenters. The second kappa shape index (κ2) is 6.89. The van der Waals surface area contributed by atoms with E-state index < -0.39 is 5.60 Å². The Kier molecular flexibility index (Phi) is 4.79. The van der Waals surface area contributed by atoms with Crippen LogP contribution in [0.2, 0.25) is 5.02 Å². The van der Waals surface area contributed by atoms with Crippen molar-refractivity contribution < 1.29 is 19.4 Å². The van der Waals surface area contributed by atoms with Gasteiger partial charge in [0, 0.05) is 11.1 Å². The molecule has 0 aliphatic carbocycles. The van der Waals surface area contributed by atoms with Crippen molar-refractivity contribution in [2.24, 2.45) is 0 Å². The Bertz CT molecular complexity index is 926. The third-order valence-corrected chi connectivity index (χ3v) is 4.27. The first kappa shape index (κ1) is 18.1. The van der Waals surface area contributed by atoms with Crippen LogP contribution in [0.15, 0.2) is 42.5 Å². The molecular weight excluding hydrogens is 352 g/mol. The second-order valence-electron chi connectivity index (χ2n) is 6.51. The summed E-state index contributed by atoms with van der Waals surface area (Å²) in [4.78, 5) is 12.7. The Morgan fingerprint density at radius 1 is 1.31 bits per heavy atom. The third kappa shape index (κ3) is 3.60. The molecule has 0 radical (unpaired) electrons. The molecule has 134 valence electrons. The first-order valence-electron chi connectivity index (χ1n) is 8.11. The number of carbonyl (C=O) groups excluding carboxylic acids is 1. The molecule has 3 rings (SSSR count). The van der Waals surface area contributed by atoms with Crippen LogP contribution in [-0.4, -0.2) is 23.6 Å². The summed E-state index contributed by atoms with van der Waals surface area (Å²) in [5.74, 6) is 0.197. The van der Waals surface area contributed by atoms with Crippen LogP contribution in [0.25, 0.3) is 12.2 Å². The third-order valence-electron chi connectivity index (χ3n) is 4.03. The molecular formula is C21H19ClO4. The van der Waals surface area contributed by atoms with E-state index in [0.29, 0.717) is 16.3 Å². The van der Waals surface area contributed by atoms with Crippen molar-refractivity contribution in [1.29, 1.82) is 0 Å². The van der Waals surface area contributed by atoms with Gasteiger partial charge in [0.05, 0.1) is 12.7 Å². The molecule has 0 amide bonds. The van der Waals surface area contributed by atoms with Crippen LogP contribution < -0.4 is 9.47 Å². The lowest BCUT2D eigenvalue weighted by atomic mass is 9.97. The number of methoxy groups -OCH3 is 1. The first-order valence-corrected chi connectivity index (χ1v) is 8.49. The fourth-order valence-electron chi connectivity index (χ4n) is 2.75. The van der Waals surface area contributed by atoms with Crippen LogP contribution in [-0.2, 0) is 0 Å². The van der Waals surface area contributed by atoms with Crippen molar-refractivity contribution in [2.75, 3.05) is 7.11 Å². The lowest BCUT2D eigenvalue weighted by molar-refractivity contribution is 0.104. The molecule has 0 aromatic heterocycles. The molecule has 2 aromatic rings. The van der Waals surface area contributed by atoms with E-state index in [2.05, 4.69) is 0 Å². The van der Waals surface area contributed by atoms with Crippen LogP contribution in [0.1, 0.15) is 35.3 Å². The maximum Gasteiger partial charge on any atom is 0.193 e. The fraction of sp³-hybridized carbons (Fsp3) is 0.190. The summed E-state index contributed by atoms with van der Waals surface area (Å²) in [6.07, 6.45) is 6.61. The Hall–Kier alpha value is -2.72. The van der Waals surface area contributed by atoms with Crippen molar-refractivity contribution in [3.63, 3.8) is 0 Å². The van der Waals surface area contributed by atoms with E-state index in [0.717, 1.165) is 5.56 Å². The summed E-state index contributed by atoms with van der Waals surface area (Å²) in [6.45, 7) is 3.81. The number of phenolic OH excluding ortho intramolecular Hbond substituents is 1. The van der Waals surface area contributed by atoms with E-state index in [9.17, 15) is 9.90 Å². The van der Waals surface area contributed by atoms with Gasteiger partial charge in [0.1, 0.15) is 28.4 Å². The average molecular weight is 371 g/mol. The minimum absolute atomic E-state index is 0.0949. The molecule has 1 N–H and O–H groups in total. The minimum Gasteiger partial charge on any atom is -0.506 e. The molecule has 1 aliphatic heterocycles. The number of rotatable bonds is 4. The number of allylic oxidation sites excluding steroid dienone is 1. The molecule has 0 saturated carbocycles. The van der Waals surface area contributed by atoms with E-state index in [1.165, 1.54) is 13.2 Å². The van der Waals surface area contributed by atoms with Crippen molar-refractivity contribution in [1.82, 2.24) is 0 Å². The van der Waals surface area contributed by atoms with Gasteiger partial charge in [-0.25, -0.2) is 0 Å². The van der Waals surface area contributed by atoms with E-state index >= 15 is 0 Å². The second-order valence-corrected chi connectivity index (χ2v) is 6.94. The molecule has 0 fully saturated rings. The van der Waals surface area contributed by atoms with Gasteiger partial charge >= 0.3 is 0 Å². The Morgan fingerprint density at radius 2 is 2.08 bits per heavy atom. The lowest BCUT2D eigenvalue weighted by Crippen LogP contribution is -2.27. The summed E-state index contributed by atoms with van der Waals surface area (Å²) < 4.78 is 11.2. The summed E-state index contributed by atoms with van der Waals surface area (Å²) in [6, 6.07) is 8.76. The highest BCUT2D eigenvalue weighted by molar-refractivity contribution is 6.30. The number of hydrogen-bond acceptors (Lipinski definition) is 4. The first-order chi connectivity index (χ1) is 12.3. The molecule has 2 aromatic carbocycles. The van der Waals surface area contributed by atoms with E-state index in [4.69, 9.17) is 21.1 Å². The van der Waals surface area contributed by atoms with Gasteiger partial charge in [0.25, 0.3) is 0 Å². The topological polar surface area (TPSA) is 55.8 Å². The maximum absolute atomic E-state index is 12.7. The van der Waals surface area contributed by atoms with Gasteiger partial charge in [-0.15, -0.1) is 0 Å². The van der Waals surface area contributed by atoms with Gasteiger partial charge in [-0.05, 0) is 49.8 Å². The number of ether oxygens (including phenoxy) is 2. The van der Waals surface area contributed by atoms with Crippen LogP contribution in [0.4, 0.5) is 0 Å². The van der Waals surface area contributed by atoms with Crippen molar-refractivity contribution >= 4 is 29.5 Å². The summed E-state index contributed by atoms with van der Waals surface area (Å²) >= 11 is 5.95. The number of benzene rings is 2. The number of phenols is 1. The van der Waals surface area contributed by atoms with Crippen molar-refractivity contribution in [2.45, 2.75) is 19.4 Å². The van der Waals surface area contributed by atoms with Crippen LogP contribution >= 0.6 is 11.6 Å². The number of fused-ring (bicyclic) bond motifs is 1. The highest BCUT2D eigenvalue weighted by Crippen LogP contribution is 2.43. The monoisotopic (exact) mass is 370 g/mol. The van der Waals surface area contributed by atoms with Gasteiger partial charge in [-0.1, -0.05) is 29.8 Å². The van der Waals surface area contributed by atoms with Gasteiger partial charge in [0.2, 0.25) is 0 Å². The zero-order valence-electron chi connectivity index (χ0n) is 14.7. The molecule has 0 saturated heterocycles. The predicted molar refractivity (Wildman–Crippen MR) is 103 cm³/mol. The smallest absolute Gasteiger partial charge is 0.193 e. The number of ketones is 1. The summed E-state index contributed by atoms with van der Waals surface area (Å²) in [7, 11) is 1.45. The molecule has 0 atom stereocenters. The number of aromatic hydroxyl groups is 1. The number of hydrogen-bond donors (Lipinski definition) is 1.